The zero-order valence-corrected chi connectivity index (χ0v) is 9.47. The molecule has 1 nitrogen and oxygen atoms in total. The molecule has 0 atom stereocenters. The number of nitrogens with one attached hydrogen (secondary N) is 1. The standard InChI is InChI=1S/C10H14IN/c1-2-12-8-7-9-3-5-10(11)6-4-9/h3-6,12H,2,7-8H2,1H3. The van der Waals surface area contributed by atoms with Crippen LogP contribution in [0.2, 0.25) is 0 Å². The number of hydrogen-bond acceptors (Lipinski definition) is 1. The van der Waals surface area contributed by atoms with Gasteiger partial charge in [0.2, 0.25) is 0 Å². The van der Waals surface area contributed by atoms with Gasteiger partial charge in [-0.05, 0) is 59.8 Å². The minimum absolute atomic E-state index is 1.06. The number of hydrogen-bond donors (Lipinski definition) is 1. The summed E-state index contributed by atoms with van der Waals surface area (Å²) >= 11 is 2.33. The van der Waals surface area contributed by atoms with Gasteiger partial charge in [0, 0.05) is 3.57 Å². The van der Waals surface area contributed by atoms with Gasteiger partial charge in [-0.3, -0.25) is 0 Å². The molecular formula is C10H14IN. The minimum atomic E-state index is 1.06. The summed E-state index contributed by atoms with van der Waals surface area (Å²) in [5.74, 6) is 0. The van der Waals surface area contributed by atoms with Crippen LogP contribution in [0.15, 0.2) is 24.3 Å². The Bertz CT molecular complexity index is 218. The summed E-state index contributed by atoms with van der Waals surface area (Å²) in [4.78, 5) is 0. The van der Waals surface area contributed by atoms with Gasteiger partial charge in [0.1, 0.15) is 0 Å². The molecule has 0 fully saturated rings. The fourth-order valence-electron chi connectivity index (χ4n) is 1.06. The molecule has 0 heterocycles. The van der Waals surface area contributed by atoms with E-state index in [1.807, 2.05) is 0 Å². The molecule has 0 aromatic heterocycles. The smallest absolute Gasteiger partial charge is 0.0130 e. The highest BCUT2D eigenvalue weighted by Gasteiger charge is 1.91. The van der Waals surface area contributed by atoms with E-state index in [2.05, 4.69) is 59.1 Å². The highest BCUT2D eigenvalue weighted by atomic mass is 127. The lowest BCUT2D eigenvalue weighted by Crippen LogP contribution is -2.15. The fraction of sp³-hybridized carbons (Fsp3) is 0.400. The highest BCUT2D eigenvalue weighted by molar-refractivity contribution is 14.1. The third kappa shape index (κ3) is 3.54. The number of benzene rings is 1. The molecule has 0 radical (unpaired) electrons. The van der Waals surface area contributed by atoms with Gasteiger partial charge in [-0.25, -0.2) is 0 Å². The lowest BCUT2D eigenvalue weighted by atomic mass is 10.1. The van der Waals surface area contributed by atoms with Crippen LogP contribution in [0, 0.1) is 3.57 Å². The Morgan fingerprint density at radius 2 is 1.92 bits per heavy atom. The van der Waals surface area contributed by atoms with Crippen molar-refractivity contribution in [2.45, 2.75) is 13.3 Å². The normalized spacial score (nSPS) is 10.2. The fourth-order valence-corrected chi connectivity index (χ4v) is 1.42. The Balaban J connectivity index is 2.37. The molecule has 0 spiro atoms. The van der Waals surface area contributed by atoms with Crippen molar-refractivity contribution in [3.05, 3.63) is 33.4 Å². The first-order chi connectivity index (χ1) is 5.83. The first kappa shape index (κ1) is 9.99. The lowest BCUT2D eigenvalue weighted by molar-refractivity contribution is 0.716. The van der Waals surface area contributed by atoms with Gasteiger partial charge in [0.05, 0.1) is 0 Å². The summed E-state index contributed by atoms with van der Waals surface area (Å²) in [6.45, 7) is 4.27. The molecule has 0 amide bonds. The van der Waals surface area contributed by atoms with Gasteiger partial charge in [-0.1, -0.05) is 19.1 Å². The van der Waals surface area contributed by atoms with Gasteiger partial charge < -0.3 is 5.32 Å². The Hall–Kier alpha value is -0.0900. The summed E-state index contributed by atoms with van der Waals surface area (Å²) in [5.41, 5.74) is 1.41. The van der Waals surface area contributed by atoms with Crippen LogP contribution in [0.4, 0.5) is 0 Å². The van der Waals surface area contributed by atoms with Crippen molar-refractivity contribution in [3.8, 4) is 0 Å². The third-order valence-electron chi connectivity index (χ3n) is 1.75. The number of likely N-dealkylation sites (N-methyl/N-ethyl adjacent to an activating group) is 1. The predicted octanol–water partition coefficient (Wildman–Crippen LogP) is 2.44. The summed E-state index contributed by atoms with van der Waals surface area (Å²) in [7, 11) is 0. The quantitative estimate of drug-likeness (QED) is 0.657. The van der Waals surface area contributed by atoms with Crippen molar-refractivity contribution in [1.29, 1.82) is 0 Å². The van der Waals surface area contributed by atoms with Crippen molar-refractivity contribution >= 4 is 22.6 Å². The maximum Gasteiger partial charge on any atom is 0.0130 e. The van der Waals surface area contributed by atoms with E-state index in [0.717, 1.165) is 19.5 Å². The van der Waals surface area contributed by atoms with Crippen LogP contribution in [0.3, 0.4) is 0 Å². The predicted molar refractivity (Wildman–Crippen MR) is 61.4 cm³/mol. The van der Waals surface area contributed by atoms with Crippen LogP contribution in [0.25, 0.3) is 0 Å². The molecule has 0 aliphatic rings. The van der Waals surface area contributed by atoms with E-state index in [4.69, 9.17) is 0 Å². The van der Waals surface area contributed by atoms with Crippen LogP contribution < -0.4 is 5.32 Å². The number of halogens is 1. The van der Waals surface area contributed by atoms with Gasteiger partial charge >= 0.3 is 0 Å². The molecule has 0 bridgehead atoms. The van der Waals surface area contributed by atoms with E-state index in [1.165, 1.54) is 9.13 Å². The molecule has 12 heavy (non-hydrogen) atoms. The van der Waals surface area contributed by atoms with Crippen LogP contribution in [0.1, 0.15) is 12.5 Å². The Kier molecular flexibility index (Phi) is 4.61. The molecule has 0 unspecified atom stereocenters. The zero-order valence-electron chi connectivity index (χ0n) is 7.31. The van der Waals surface area contributed by atoms with Gasteiger partial charge in [-0.15, -0.1) is 0 Å². The average Bonchev–Trinajstić information content (AvgIpc) is 2.09. The Morgan fingerprint density at radius 3 is 2.50 bits per heavy atom. The van der Waals surface area contributed by atoms with E-state index in [1.54, 1.807) is 0 Å². The van der Waals surface area contributed by atoms with E-state index >= 15 is 0 Å². The number of rotatable bonds is 4. The zero-order chi connectivity index (χ0) is 8.81. The van der Waals surface area contributed by atoms with Crippen molar-refractivity contribution < 1.29 is 0 Å². The van der Waals surface area contributed by atoms with Crippen LogP contribution in [0.5, 0.6) is 0 Å². The maximum absolute atomic E-state index is 3.31. The van der Waals surface area contributed by atoms with Crippen molar-refractivity contribution in [2.75, 3.05) is 13.1 Å². The molecule has 1 rings (SSSR count). The average molecular weight is 275 g/mol. The molecule has 0 saturated carbocycles. The van der Waals surface area contributed by atoms with Crippen LogP contribution in [-0.4, -0.2) is 13.1 Å². The van der Waals surface area contributed by atoms with Gasteiger partial charge in [0.25, 0.3) is 0 Å². The lowest BCUT2D eigenvalue weighted by Gasteiger charge is -2.01. The van der Waals surface area contributed by atoms with Crippen molar-refractivity contribution in [1.82, 2.24) is 5.32 Å². The van der Waals surface area contributed by atoms with Gasteiger partial charge in [-0.2, -0.15) is 0 Å². The summed E-state index contributed by atoms with van der Waals surface area (Å²) in [6, 6.07) is 8.70. The Morgan fingerprint density at radius 1 is 1.25 bits per heavy atom. The van der Waals surface area contributed by atoms with Gasteiger partial charge in [0.15, 0.2) is 0 Å². The van der Waals surface area contributed by atoms with E-state index in [9.17, 15) is 0 Å². The first-order valence-corrected chi connectivity index (χ1v) is 5.36. The third-order valence-corrected chi connectivity index (χ3v) is 2.47. The molecule has 66 valence electrons. The second-order valence-electron chi connectivity index (χ2n) is 2.73. The van der Waals surface area contributed by atoms with Crippen molar-refractivity contribution in [2.24, 2.45) is 0 Å². The molecule has 1 N–H and O–H groups in total. The molecule has 0 saturated heterocycles. The summed E-state index contributed by atoms with van der Waals surface area (Å²) in [6.07, 6.45) is 1.13. The summed E-state index contributed by atoms with van der Waals surface area (Å²) < 4.78 is 1.31. The first-order valence-electron chi connectivity index (χ1n) is 4.28. The highest BCUT2D eigenvalue weighted by Crippen LogP contribution is 2.06. The van der Waals surface area contributed by atoms with Crippen LogP contribution in [-0.2, 0) is 6.42 Å². The molecule has 1 aromatic carbocycles. The molecule has 0 aliphatic carbocycles. The summed E-state index contributed by atoms with van der Waals surface area (Å²) in [5, 5.41) is 3.31. The largest absolute Gasteiger partial charge is 0.317 e. The van der Waals surface area contributed by atoms with E-state index in [0.29, 0.717) is 0 Å². The van der Waals surface area contributed by atoms with Crippen LogP contribution >= 0.6 is 22.6 Å². The molecular weight excluding hydrogens is 261 g/mol. The minimum Gasteiger partial charge on any atom is -0.317 e. The van der Waals surface area contributed by atoms with E-state index in [-0.39, 0.29) is 0 Å². The van der Waals surface area contributed by atoms with Crippen molar-refractivity contribution in [3.63, 3.8) is 0 Å². The molecule has 0 aliphatic heterocycles. The molecule has 2 heteroatoms. The second-order valence-corrected chi connectivity index (χ2v) is 3.98. The van der Waals surface area contributed by atoms with E-state index < -0.39 is 0 Å². The topological polar surface area (TPSA) is 12.0 Å². The second kappa shape index (κ2) is 5.54. The SMILES string of the molecule is CCNCCc1ccc(I)cc1. The Labute approximate surface area is 87.7 Å². The monoisotopic (exact) mass is 275 g/mol. The molecule has 1 aromatic rings. The maximum atomic E-state index is 3.31.